The molecule has 0 N–H and O–H groups in total. The number of carbonyl (C=O) groups is 3. The highest BCUT2D eigenvalue weighted by Gasteiger charge is 2.54. The summed E-state index contributed by atoms with van der Waals surface area (Å²) in [6.07, 6.45) is 5.70. The summed E-state index contributed by atoms with van der Waals surface area (Å²) in [6.45, 7) is 2.57. The maximum Gasteiger partial charge on any atom is 0.327 e. The molecule has 0 bridgehead atoms. The number of imide groups is 1. The number of fused-ring (bicyclic) bond motifs is 1. The Bertz CT molecular complexity index is 699. The Labute approximate surface area is 157 Å². The van der Waals surface area contributed by atoms with Crippen LogP contribution in [0.3, 0.4) is 0 Å². The lowest BCUT2D eigenvalue weighted by atomic mass is 9.92. The van der Waals surface area contributed by atoms with E-state index in [1.807, 2.05) is 22.4 Å². The number of likely N-dealkylation sites (tertiary alicyclic amines) is 1. The average Bonchev–Trinajstić information content (AvgIpc) is 3.29. The van der Waals surface area contributed by atoms with Crippen molar-refractivity contribution in [2.75, 3.05) is 6.54 Å². The van der Waals surface area contributed by atoms with Gasteiger partial charge in [-0.2, -0.15) is 0 Å². The van der Waals surface area contributed by atoms with Gasteiger partial charge in [0.25, 0.3) is 5.91 Å². The first-order valence-corrected chi connectivity index (χ1v) is 10.4. The van der Waals surface area contributed by atoms with Gasteiger partial charge in [0.15, 0.2) is 0 Å². The molecule has 4 rings (SSSR count). The SMILES string of the molecule is CC(=O)N1CC[C@@H]2[C@H]1C(=O)N(C1CCCCC1)C(=O)N2Cc1cccs1. The van der Waals surface area contributed by atoms with Gasteiger partial charge in [0.1, 0.15) is 6.04 Å². The number of carbonyl (C=O) groups excluding carboxylic acids is 3. The van der Waals surface area contributed by atoms with Crippen LogP contribution in [0.1, 0.15) is 50.3 Å². The van der Waals surface area contributed by atoms with Gasteiger partial charge in [-0.05, 0) is 30.7 Å². The van der Waals surface area contributed by atoms with Gasteiger partial charge in [-0.25, -0.2) is 4.79 Å². The van der Waals surface area contributed by atoms with E-state index in [-0.39, 0.29) is 29.9 Å². The number of nitrogens with zero attached hydrogens (tertiary/aromatic N) is 3. The van der Waals surface area contributed by atoms with Crippen molar-refractivity contribution in [3.05, 3.63) is 22.4 Å². The van der Waals surface area contributed by atoms with Crippen LogP contribution in [0.15, 0.2) is 17.5 Å². The fourth-order valence-corrected chi connectivity index (χ4v) is 5.40. The fourth-order valence-electron chi connectivity index (χ4n) is 4.70. The number of hydrogen-bond acceptors (Lipinski definition) is 4. The van der Waals surface area contributed by atoms with Crippen molar-refractivity contribution < 1.29 is 14.4 Å². The highest BCUT2D eigenvalue weighted by molar-refractivity contribution is 7.09. The summed E-state index contributed by atoms with van der Waals surface area (Å²) in [7, 11) is 0. The Morgan fingerprint density at radius 2 is 1.96 bits per heavy atom. The second-order valence-corrected chi connectivity index (χ2v) is 8.54. The van der Waals surface area contributed by atoms with E-state index in [0.29, 0.717) is 19.5 Å². The van der Waals surface area contributed by atoms with Crippen LogP contribution in [0, 0.1) is 0 Å². The molecule has 6 nitrogen and oxygen atoms in total. The Balaban J connectivity index is 1.67. The van der Waals surface area contributed by atoms with Crippen molar-refractivity contribution in [1.29, 1.82) is 0 Å². The summed E-state index contributed by atoms with van der Waals surface area (Å²) in [6, 6.07) is 3.08. The zero-order valence-corrected chi connectivity index (χ0v) is 15.9. The van der Waals surface area contributed by atoms with Crippen LogP contribution in [-0.4, -0.2) is 57.2 Å². The highest BCUT2D eigenvalue weighted by atomic mass is 32.1. The molecular formula is C19H25N3O3S. The smallest absolute Gasteiger partial charge is 0.327 e. The molecule has 1 saturated carbocycles. The first-order valence-electron chi connectivity index (χ1n) is 9.51. The minimum atomic E-state index is -0.521. The van der Waals surface area contributed by atoms with Crippen molar-refractivity contribution in [3.8, 4) is 0 Å². The van der Waals surface area contributed by atoms with Crippen LogP contribution in [0.4, 0.5) is 4.79 Å². The summed E-state index contributed by atoms with van der Waals surface area (Å²) >= 11 is 1.62. The molecule has 2 saturated heterocycles. The van der Waals surface area contributed by atoms with Crippen LogP contribution < -0.4 is 0 Å². The summed E-state index contributed by atoms with van der Waals surface area (Å²) in [5, 5.41) is 2.00. The number of thiophene rings is 1. The maximum atomic E-state index is 13.3. The van der Waals surface area contributed by atoms with Gasteiger partial charge >= 0.3 is 6.03 Å². The van der Waals surface area contributed by atoms with E-state index in [1.165, 1.54) is 11.8 Å². The molecule has 1 aliphatic carbocycles. The van der Waals surface area contributed by atoms with Gasteiger partial charge in [-0.1, -0.05) is 25.3 Å². The van der Waals surface area contributed by atoms with Gasteiger partial charge in [0, 0.05) is 24.4 Å². The predicted molar refractivity (Wildman–Crippen MR) is 98.6 cm³/mol. The van der Waals surface area contributed by atoms with Gasteiger partial charge < -0.3 is 9.80 Å². The molecule has 0 unspecified atom stereocenters. The molecule has 0 radical (unpaired) electrons. The third-order valence-electron chi connectivity index (χ3n) is 5.96. The Kier molecular flexibility index (Phi) is 4.73. The van der Waals surface area contributed by atoms with E-state index >= 15 is 0 Å². The van der Waals surface area contributed by atoms with Gasteiger partial charge in [-0.3, -0.25) is 14.5 Å². The molecule has 3 heterocycles. The molecule has 0 spiro atoms. The molecule has 4 amide bonds. The molecule has 1 aromatic heterocycles. The van der Waals surface area contributed by atoms with Gasteiger partial charge in [-0.15, -0.1) is 11.3 Å². The number of urea groups is 1. The van der Waals surface area contributed by atoms with Crippen molar-refractivity contribution in [3.63, 3.8) is 0 Å². The van der Waals surface area contributed by atoms with E-state index in [9.17, 15) is 14.4 Å². The quantitative estimate of drug-likeness (QED) is 0.816. The number of hydrogen-bond donors (Lipinski definition) is 0. The average molecular weight is 375 g/mol. The molecule has 2 atom stereocenters. The molecule has 140 valence electrons. The summed E-state index contributed by atoms with van der Waals surface area (Å²) in [5.41, 5.74) is 0. The van der Waals surface area contributed by atoms with Crippen LogP contribution in [0.2, 0.25) is 0 Å². The zero-order chi connectivity index (χ0) is 18.3. The lowest BCUT2D eigenvalue weighted by molar-refractivity contribution is -0.147. The summed E-state index contributed by atoms with van der Waals surface area (Å²) in [4.78, 5) is 44.8. The predicted octanol–water partition coefficient (Wildman–Crippen LogP) is 2.83. The number of amides is 4. The minimum Gasteiger partial charge on any atom is -0.329 e. The summed E-state index contributed by atoms with van der Waals surface area (Å²) < 4.78 is 0. The number of rotatable bonds is 3. The van der Waals surface area contributed by atoms with Crippen molar-refractivity contribution in [1.82, 2.24) is 14.7 Å². The minimum absolute atomic E-state index is 0.0232. The van der Waals surface area contributed by atoms with Crippen LogP contribution >= 0.6 is 11.3 Å². The van der Waals surface area contributed by atoms with E-state index in [2.05, 4.69) is 0 Å². The van der Waals surface area contributed by atoms with E-state index in [1.54, 1.807) is 16.2 Å². The van der Waals surface area contributed by atoms with E-state index < -0.39 is 6.04 Å². The van der Waals surface area contributed by atoms with Crippen LogP contribution in [-0.2, 0) is 16.1 Å². The maximum absolute atomic E-state index is 13.3. The monoisotopic (exact) mass is 375 g/mol. The molecular weight excluding hydrogens is 350 g/mol. The topological polar surface area (TPSA) is 60.9 Å². The zero-order valence-electron chi connectivity index (χ0n) is 15.1. The standard InChI is InChI=1S/C19H25N3O3S/c1-13(23)20-10-9-16-17(20)18(24)22(14-6-3-2-4-7-14)19(25)21(16)12-15-8-5-11-26-15/h5,8,11,14,16-17H,2-4,6-7,9-10,12H2,1H3/t16-,17+/m1/s1. The summed E-state index contributed by atoms with van der Waals surface area (Å²) in [5.74, 6) is -0.248. The molecule has 0 aromatic carbocycles. The molecule has 26 heavy (non-hydrogen) atoms. The lowest BCUT2D eigenvalue weighted by Crippen LogP contribution is -2.67. The van der Waals surface area contributed by atoms with Gasteiger partial charge in [0.05, 0.1) is 12.6 Å². The van der Waals surface area contributed by atoms with Crippen LogP contribution in [0.25, 0.3) is 0 Å². The molecule has 3 aliphatic rings. The fraction of sp³-hybridized carbons (Fsp3) is 0.632. The third-order valence-corrected chi connectivity index (χ3v) is 6.82. The van der Waals surface area contributed by atoms with Crippen molar-refractivity contribution in [2.24, 2.45) is 0 Å². The lowest BCUT2D eigenvalue weighted by Gasteiger charge is -2.46. The van der Waals surface area contributed by atoms with Crippen molar-refractivity contribution >= 4 is 29.2 Å². The molecule has 3 fully saturated rings. The molecule has 7 heteroatoms. The first-order chi connectivity index (χ1) is 12.6. The van der Waals surface area contributed by atoms with Crippen LogP contribution in [0.5, 0.6) is 0 Å². The van der Waals surface area contributed by atoms with E-state index in [0.717, 1.165) is 37.0 Å². The van der Waals surface area contributed by atoms with Crippen molar-refractivity contribution in [2.45, 2.75) is 70.1 Å². The molecule has 2 aliphatic heterocycles. The largest absolute Gasteiger partial charge is 0.329 e. The Hall–Kier alpha value is -1.89. The van der Waals surface area contributed by atoms with Gasteiger partial charge in [0.2, 0.25) is 5.91 Å². The normalized spacial score (nSPS) is 27.2. The second kappa shape index (κ2) is 7.02. The third kappa shape index (κ3) is 2.92. The van der Waals surface area contributed by atoms with E-state index in [4.69, 9.17) is 0 Å². The Morgan fingerprint density at radius 1 is 1.19 bits per heavy atom. The second-order valence-electron chi connectivity index (χ2n) is 7.50. The first kappa shape index (κ1) is 17.5. The molecule has 1 aromatic rings. The Morgan fingerprint density at radius 3 is 2.62 bits per heavy atom. The highest BCUT2D eigenvalue weighted by Crippen LogP contribution is 2.35.